The molecule has 0 aromatic rings. The summed E-state index contributed by atoms with van der Waals surface area (Å²) in [5, 5.41) is 0. The lowest BCUT2D eigenvalue weighted by molar-refractivity contribution is 0.500. The number of hydrogen-bond donors (Lipinski definition) is 1. The minimum absolute atomic E-state index is 0.339. The van der Waals surface area contributed by atoms with Crippen molar-refractivity contribution in [2.24, 2.45) is 10.7 Å². The van der Waals surface area contributed by atoms with Gasteiger partial charge in [-0.3, -0.25) is 4.99 Å². The fraction of sp³-hybridized carbons (Fsp3) is 0.500. The number of aliphatic imine (C=N–C) groups is 1. The summed E-state index contributed by atoms with van der Waals surface area (Å²) in [5.74, 6) is 0. The second-order valence-corrected chi connectivity index (χ2v) is 2.27. The van der Waals surface area contributed by atoms with E-state index < -0.39 is 0 Å². The van der Waals surface area contributed by atoms with Crippen molar-refractivity contribution in [2.75, 3.05) is 0 Å². The van der Waals surface area contributed by atoms with Gasteiger partial charge in [-0.15, -0.1) is 0 Å². The number of allylic oxidation sites excluding steroid dienone is 1. The van der Waals surface area contributed by atoms with E-state index in [-0.39, 0.29) is 5.66 Å². The average Bonchev–Trinajstić information content (AvgIpc) is 1.65. The topological polar surface area (TPSA) is 38.4 Å². The highest BCUT2D eigenvalue weighted by atomic mass is 15.0. The van der Waals surface area contributed by atoms with Crippen molar-refractivity contribution in [2.45, 2.75) is 19.0 Å². The second kappa shape index (κ2) is 1.71. The van der Waals surface area contributed by atoms with Crippen molar-refractivity contribution in [3.05, 3.63) is 12.2 Å². The van der Waals surface area contributed by atoms with E-state index >= 15 is 0 Å². The van der Waals surface area contributed by atoms with Crippen LogP contribution < -0.4 is 5.73 Å². The van der Waals surface area contributed by atoms with Crippen LogP contribution in [-0.2, 0) is 0 Å². The molecule has 2 N–H and O–H groups in total. The molecule has 2 nitrogen and oxygen atoms in total. The monoisotopic (exact) mass is 110 g/mol. The van der Waals surface area contributed by atoms with Gasteiger partial charge in [-0.2, -0.15) is 0 Å². The molecule has 1 heterocycles. The van der Waals surface area contributed by atoms with Crippen molar-refractivity contribution >= 4 is 6.21 Å². The Morgan fingerprint density at radius 1 is 1.75 bits per heavy atom. The molecule has 0 amide bonds. The Labute approximate surface area is 49.1 Å². The average molecular weight is 110 g/mol. The molecule has 8 heavy (non-hydrogen) atoms. The first-order valence-corrected chi connectivity index (χ1v) is 2.70. The van der Waals surface area contributed by atoms with Gasteiger partial charge in [0.25, 0.3) is 0 Å². The summed E-state index contributed by atoms with van der Waals surface area (Å²) in [6, 6.07) is 0. The van der Waals surface area contributed by atoms with Gasteiger partial charge >= 0.3 is 0 Å². The molecule has 1 rings (SSSR count). The normalized spacial score (nSPS) is 35.8. The minimum atomic E-state index is -0.339. The molecular formula is C6H10N2. The lowest BCUT2D eigenvalue weighted by Crippen LogP contribution is -2.33. The van der Waals surface area contributed by atoms with Crippen molar-refractivity contribution in [3.8, 4) is 0 Å². The van der Waals surface area contributed by atoms with E-state index in [0.717, 1.165) is 6.42 Å². The molecule has 0 saturated carbocycles. The van der Waals surface area contributed by atoms with Crippen LogP contribution in [0.1, 0.15) is 13.3 Å². The number of nitrogens with two attached hydrogens (primary N) is 1. The third-order valence-corrected chi connectivity index (χ3v) is 1.12. The van der Waals surface area contributed by atoms with Gasteiger partial charge in [-0.05, 0) is 13.0 Å². The first kappa shape index (κ1) is 5.51. The predicted molar refractivity (Wildman–Crippen MR) is 34.8 cm³/mol. The fourth-order valence-electron chi connectivity index (χ4n) is 0.634. The summed E-state index contributed by atoms with van der Waals surface area (Å²) >= 11 is 0. The summed E-state index contributed by atoms with van der Waals surface area (Å²) in [5.41, 5.74) is 5.29. The van der Waals surface area contributed by atoms with Crippen LogP contribution in [0.4, 0.5) is 0 Å². The van der Waals surface area contributed by atoms with Crippen LogP contribution >= 0.6 is 0 Å². The molecule has 0 bridgehead atoms. The molecule has 2 heteroatoms. The van der Waals surface area contributed by atoms with Gasteiger partial charge in [0.05, 0.1) is 0 Å². The van der Waals surface area contributed by atoms with Crippen molar-refractivity contribution in [1.82, 2.24) is 0 Å². The van der Waals surface area contributed by atoms with Crippen molar-refractivity contribution < 1.29 is 0 Å². The summed E-state index contributed by atoms with van der Waals surface area (Å²) < 4.78 is 0. The smallest absolute Gasteiger partial charge is 0.108 e. The first-order valence-electron chi connectivity index (χ1n) is 2.70. The highest BCUT2D eigenvalue weighted by Gasteiger charge is 2.13. The van der Waals surface area contributed by atoms with Crippen LogP contribution in [0.2, 0.25) is 0 Å². The maximum absolute atomic E-state index is 5.63. The van der Waals surface area contributed by atoms with Gasteiger partial charge in [0.1, 0.15) is 5.66 Å². The zero-order valence-corrected chi connectivity index (χ0v) is 4.96. The second-order valence-electron chi connectivity index (χ2n) is 2.27. The first-order chi connectivity index (χ1) is 3.71. The van der Waals surface area contributed by atoms with Gasteiger partial charge in [-0.1, -0.05) is 6.08 Å². The molecular weight excluding hydrogens is 100 g/mol. The zero-order chi connectivity index (χ0) is 6.04. The van der Waals surface area contributed by atoms with Gasteiger partial charge in [0, 0.05) is 12.6 Å². The third kappa shape index (κ3) is 1.17. The molecule has 0 saturated heterocycles. The molecule has 1 atom stereocenters. The zero-order valence-electron chi connectivity index (χ0n) is 4.96. The molecule has 0 aromatic heterocycles. The highest BCUT2D eigenvalue weighted by Crippen LogP contribution is 2.09. The number of nitrogens with zero attached hydrogens (tertiary/aromatic N) is 1. The van der Waals surface area contributed by atoms with E-state index in [1.807, 2.05) is 19.1 Å². The molecule has 0 spiro atoms. The SMILES string of the molecule is CC1(N)CC=CC=N1. The molecule has 0 aromatic carbocycles. The summed E-state index contributed by atoms with van der Waals surface area (Å²) in [7, 11) is 0. The largest absolute Gasteiger partial charge is 0.307 e. The maximum Gasteiger partial charge on any atom is 0.108 e. The third-order valence-electron chi connectivity index (χ3n) is 1.12. The molecule has 1 aliphatic heterocycles. The Morgan fingerprint density at radius 2 is 2.50 bits per heavy atom. The summed E-state index contributed by atoms with van der Waals surface area (Å²) in [6.07, 6.45) is 6.52. The lowest BCUT2D eigenvalue weighted by Gasteiger charge is -2.18. The maximum atomic E-state index is 5.63. The van der Waals surface area contributed by atoms with E-state index in [4.69, 9.17) is 5.73 Å². The molecule has 1 unspecified atom stereocenters. The molecule has 0 radical (unpaired) electrons. The van der Waals surface area contributed by atoms with E-state index in [0.29, 0.717) is 0 Å². The quantitative estimate of drug-likeness (QED) is 0.489. The Hall–Kier alpha value is -0.630. The van der Waals surface area contributed by atoms with Crippen LogP contribution in [0.15, 0.2) is 17.1 Å². The number of dihydropyridines is 1. The minimum Gasteiger partial charge on any atom is -0.307 e. The van der Waals surface area contributed by atoms with Crippen LogP contribution in [0.3, 0.4) is 0 Å². The van der Waals surface area contributed by atoms with Gasteiger partial charge in [0.2, 0.25) is 0 Å². The molecule has 0 fully saturated rings. The molecule has 44 valence electrons. The number of rotatable bonds is 0. The summed E-state index contributed by atoms with van der Waals surface area (Å²) in [4.78, 5) is 4.03. The molecule has 0 aliphatic carbocycles. The molecule has 1 aliphatic rings. The van der Waals surface area contributed by atoms with Gasteiger partial charge in [0.15, 0.2) is 0 Å². The fourth-order valence-corrected chi connectivity index (χ4v) is 0.634. The van der Waals surface area contributed by atoms with E-state index in [1.54, 1.807) is 6.21 Å². The Kier molecular flexibility index (Phi) is 1.18. The van der Waals surface area contributed by atoms with E-state index in [2.05, 4.69) is 4.99 Å². The van der Waals surface area contributed by atoms with Crippen LogP contribution in [0, 0.1) is 0 Å². The van der Waals surface area contributed by atoms with E-state index in [9.17, 15) is 0 Å². The van der Waals surface area contributed by atoms with Crippen LogP contribution in [-0.4, -0.2) is 11.9 Å². The van der Waals surface area contributed by atoms with Crippen LogP contribution in [0.5, 0.6) is 0 Å². The standard InChI is InChI=1S/C6H10N2/c1-6(7)4-2-3-5-8-6/h2-3,5H,4,7H2,1H3. The Morgan fingerprint density at radius 3 is 2.75 bits per heavy atom. The Bertz CT molecular complexity index is 133. The van der Waals surface area contributed by atoms with Gasteiger partial charge in [-0.25, -0.2) is 0 Å². The summed E-state index contributed by atoms with van der Waals surface area (Å²) in [6.45, 7) is 1.91. The number of hydrogen-bond acceptors (Lipinski definition) is 2. The predicted octanol–water partition coefficient (Wildman–Crippen LogP) is 0.692. The van der Waals surface area contributed by atoms with Crippen molar-refractivity contribution in [1.29, 1.82) is 0 Å². The van der Waals surface area contributed by atoms with Gasteiger partial charge < -0.3 is 5.73 Å². The van der Waals surface area contributed by atoms with Crippen molar-refractivity contribution in [3.63, 3.8) is 0 Å². The van der Waals surface area contributed by atoms with Crippen LogP contribution in [0.25, 0.3) is 0 Å². The lowest BCUT2D eigenvalue weighted by atomic mass is 10.1. The van der Waals surface area contributed by atoms with E-state index in [1.165, 1.54) is 0 Å². The Balaban J connectivity index is 2.65. The highest BCUT2D eigenvalue weighted by molar-refractivity contribution is 5.72.